The SMILES string of the molecule is Cc1cc(C(F)(F)F)c(-c2ccc(C[C@H](NC(=O)c3c(Cl)cccc3Cl)C(=O)O)cc2)c(=O)n1Cc1ccccc1. The summed E-state index contributed by atoms with van der Waals surface area (Å²) >= 11 is 12.1. The number of carbonyl (C=O) groups excluding carboxylic acids is 1. The summed E-state index contributed by atoms with van der Waals surface area (Å²) in [6.45, 7) is 1.53. The lowest BCUT2D eigenvalue weighted by molar-refractivity contribution is -0.139. The predicted octanol–water partition coefficient (Wildman–Crippen LogP) is 6.62. The van der Waals surface area contributed by atoms with Gasteiger partial charge in [-0.15, -0.1) is 0 Å². The molecular formula is C30H23Cl2F3N2O4. The van der Waals surface area contributed by atoms with Crippen LogP contribution in [0.4, 0.5) is 13.2 Å². The van der Waals surface area contributed by atoms with Crippen molar-refractivity contribution in [2.24, 2.45) is 0 Å². The van der Waals surface area contributed by atoms with Gasteiger partial charge in [-0.05, 0) is 41.8 Å². The highest BCUT2D eigenvalue weighted by atomic mass is 35.5. The molecule has 11 heteroatoms. The molecule has 0 saturated carbocycles. The molecule has 0 spiro atoms. The second-order valence-corrected chi connectivity index (χ2v) is 10.1. The number of aryl methyl sites for hydroxylation is 1. The fourth-order valence-electron chi connectivity index (χ4n) is 4.42. The van der Waals surface area contributed by atoms with Gasteiger partial charge in [0.1, 0.15) is 6.04 Å². The number of carbonyl (C=O) groups is 2. The number of pyridine rings is 1. The summed E-state index contributed by atoms with van der Waals surface area (Å²) < 4.78 is 43.4. The monoisotopic (exact) mass is 602 g/mol. The summed E-state index contributed by atoms with van der Waals surface area (Å²) in [5.41, 5.74) is -1.14. The summed E-state index contributed by atoms with van der Waals surface area (Å²) in [7, 11) is 0. The van der Waals surface area contributed by atoms with Crippen molar-refractivity contribution in [3.8, 4) is 11.1 Å². The fraction of sp³-hybridized carbons (Fsp3) is 0.167. The summed E-state index contributed by atoms with van der Waals surface area (Å²) in [6.07, 6.45) is -4.98. The van der Waals surface area contributed by atoms with Crippen molar-refractivity contribution in [3.63, 3.8) is 0 Å². The fourth-order valence-corrected chi connectivity index (χ4v) is 4.99. The highest BCUT2D eigenvalue weighted by Gasteiger charge is 2.36. The number of nitrogens with one attached hydrogen (secondary N) is 1. The van der Waals surface area contributed by atoms with E-state index in [4.69, 9.17) is 23.2 Å². The molecule has 1 atom stereocenters. The van der Waals surface area contributed by atoms with E-state index in [2.05, 4.69) is 5.32 Å². The van der Waals surface area contributed by atoms with Crippen LogP contribution in [0.5, 0.6) is 0 Å². The van der Waals surface area contributed by atoms with Gasteiger partial charge in [-0.3, -0.25) is 9.59 Å². The van der Waals surface area contributed by atoms with Crippen molar-refractivity contribution in [3.05, 3.63) is 127 Å². The largest absolute Gasteiger partial charge is 0.480 e. The topological polar surface area (TPSA) is 88.4 Å². The Morgan fingerprint density at radius 3 is 2.10 bits per heavy atom. The van der Waals surface area contributed by atoms with E-state index in [1.54, 1.807) is 30.3 Å². The molecular weight excluding hydrogens is 580 g/mol. The Hall–Kier alpha value is -4.08. The van der Waals surface area contributed by atoms with E-state index in [9.17, 15) is 32.7 Å². The zero-order valence-electron chi connectivity index (χ0n) is 21.5. The van der Waals surface area contributed by atoms with Gasteiger partial charge in [-0.1, -0.05) is 83.9 Å². The lowest BCUT2D eigenvalue weighted by Crippen LogP contribution is -2.42. The third-order valence-corrected chi connectivity index (χ3v) is 7.10. The van der Waals surface area contributed by atoms with Crippen LogP contribution in [0.3, 0.4) is 0 Å². The first-order valence-corrected chi connectivity index (χ1v) is 13.0. The van der Waals surface area contributed by atoms with Crippen LogP contribution in [0.2, 0.25) is 10.0 Å². The molecule has 6 nitrogen and oxygen atoms in total. The van der Waals surface area contributed by atoms with Crippen LogP contribution in [0.25, 0.3) is 11.1 Å². The standard InChI is InChI=1S/C30H23Cl2F3N2O4/c1-17-14-21(30(33,34)35)25(28(39)37(17)16-19-6-3-2-4-7-19)20-12-10-18(11-13-20)15-24(29(40)41)36-27(38)26-22(31)8-5-9-23(26)32/h2-14,24H,15-16H2,1H3,(H,36,38)(H,40,41)/t24-/m0/s1. The van der Waals surface area contributed by atoms with Gasteiger partial charge in [-0.2, -0.15) is 13.2 Å². The molecule has 0 saturated heterocycles. The molecule has 4 aromatic rings. The van der Waals surface area contributed by atoms with Gasteiger partial charge in [0.15, 0.2) is 0 Å². The Morgan fingerprint density at radius 1 is 0.927 bits per heavy atom. The molecule has 1 heterocycles. The minimum Gasteiger partial charge on any atom is -0.480 e. The number of aliphatic carboxylic acids is 1. The molecule has 0 bridgehead atoms. The average Bonchev–Trinajstić information content (AvgIpc) is 2.91. The lowest BCUT2D eigenvalue weighted by atomic mass is 9.97. The van der Waals surface area contributed by atoms with Crippen LogP contribution in [-0.4, -0.2) is 27.6 Å². The first-order valence-electron chi connectivity index (χ1n) is 12.3. The van der Waals surface area contributed by atoms with Crippen LogP contribution in [0.1, 0.15) is 32.7 Å². The molecule has 1 aromatic heterocycles. The second-order valence-electron chi connectivity index (χ2n) is 9.31. The van der Waals surface area contributed by atoms with Gasteiger partial charge < -0.3 is 15.0 Å². The van der Waals surface area contributed by atoms with Crippen LogP contribution in [0, 0.1) is 6.92 Å². The molecule has 0 fully saturated rings. The first kappa shape index (κ1) is 29.9. The number of benzene rings is 3. The third-order valence-electron chi connectivity index (χ3n) is 6.47. The number of alkyl halides is 3. The maximum absolute atomic E-state index is 14.0. The Morgan fingerprint density at radius 2 is 1.54 bits per heavy atom. The molecule has 1 amide bonds. The number of amides is 1. The van der Waals surface area contributed by atoms with E-state index < -0.39 is 40.8 Å². The number of halogens is 5. The number of hydrogen-bond acceptors (Lipinski definition) is 3. The smallest absolute Gasteiger partial charge is 0.417 e. The molecule has 0 aliphatic rings. The summed E-state index contributed by atoms with van der Waals surface area (Å²) in [5, 5.41) is 12.1. The van der Waals surface area contributed by atoms with Crippen LogP contribution in [-0.2, 0) is 23.9 Å². The first-order chi connectivity index (χ1) is 19.4. The van der Waals surface area contributed by atoms with Gasteiger partial charge in [0.2, 0.25) is 0 Å². The number of nitrogens with zero attached hydrogens (tertiary/aromatic N) is 1. The van der Waals surface area contributed by atoms with E-state index in [1.807, 2.05) is 0 Å². The molecule has 0 unspecified atom stereocenters. The maximum Gasteiger partial charge on any atom is 0.417 e. The molecule has 0 aliphatic heterocycles. The molecule has 3 aromatic carbocycles. The number of hydrogen-bond donors (Lipinski definition) is 2. The van der Waals surface area contributed by atoms with Crippen molar-refractivity contribution in [1.82, 2.24) is 9.88 Å². The Kier molecular flexibility index (Phi) is 8.89. The van der Waals surface area contributed by atoms with Crippen LogP contribution in [0.15, 0.2) is 83.7 Å². The van der Waals surface area contributed by atoms with Crippen molar-refractivity contribution < 1.29 is 27.9 Å². The third kappa shape index (κ3) is 6.81. The average molecular weight is 603 g/mol. The lowest BCUT2D eigenvalue weighted by Gasteiger charge is -2.19. The van der Waals surface area contributed by atoms with Gasteiger partial charge in [0.25, 0.3) is 11.5 Å². The van der Waals surface area contributed by atoms with Crippen molar-refractivity contribution >= 4 is 35.1 Å². The van der Waals surface area contributed by atoms with Gasteiger partial charge >= 0.3 is 12.1 Å². The predicted molar refractivity (Wildman–Crippen MR) is 150 cm³/mol. The van der Waals surface area contributed by atoms with E-state index in [1.165, 1.54) is 54.0 Å². The van der Waals surface area contributed by atoms with E-state index in [-0.39, 0.29) is 39.8 Å². The van der Waals surface area contributed by atoms with E-state index in [0.29, 0.717) is 5.56 Å². The van der Waals surface area contributed by atoms with Crippen molar-refractivity contribution in [2.45, 2.75) is 32.1 Å². The van der Waals surface area contributed by atoms with Crippen LogP contribution < -0.4 is 10.9 Å². The Labute approximate surface area is 243 Å². The number of rotatable bonds is 8. The van der Waals surface area contributed by atoms with E-state index >= 15 is 0 Å². The maximum atomic E-state index is 14.0. The van der Waals surface area contributed by atoms with Gasteiger partial charge in [-0.25, -0.2) is 4.79 Å². The summed E-state index contributed by atoms with van der Waals surface area (Å²) in [4.78, 5) is 38.0. The summed E-state index contributed by atoms with van der Waals surface area (Å²) in [5.74, 6) is -2.13. The van der Waals surface area contributed by atoms with Gasteiger partial charge in [0, 0.05) is 12.1 Å². The second kappa shape index (κ2) is 12.2. The zero-order chi connectivity index (χ0) is 29.9. The number of carboxylic acids is 1. The molecule has 0 radical (unpaired) electrons. The summed E-state index contributed by atoms with van der Waals surface area (Å²) in [6, 6.07) is 18.3. The molecule has 2 N–H and O–H groups in total. The zero-order valence-corrected chi connectivity index (χ0v) is 23.0. The number of aromatic nitrogens is 1. The Bertz CT molecular complexity index is 1630. The number of carboxylic acid groups (broad SMARTS) is 1. The molecule has 212 valence electrons. The van der Waals surface area contributed by atoms with Crippen molar-refractivity contribution in [1.29, 1.82) is 0 Å². The molecule has 4 rings (SSSR count). The molecule has 41 heavy (non-hydrogen) atoms. The van der Waals surface area contributed by atoms with Gasteiger partial charge in [0.05, 0.1) is 33.3 Å². The normalized spacial score (nSPS) is 12.1. The quantitative estimate of drug-likeness (QED) is 0.237. The minimum atomic E-state index is -4.79. The van der Waals surface area contributed by atoms with Crippen LogP contribution >= 0.6 is 23.2 Å². The highest BCUT2D eigenvalue weighted by Crippen LogP contribution is 2.36. The van der Waals surface area contributed by atoms with Crippen molar-refractivity contribution in [2.75, 3.05) is 0 Å². The Balaban J connectivity index is 1.66. The minimum absolute atomic E-state index is 0.0200. The molecule has 0 aliphatic carbocycles. The highest BCUT2D eigenvalue weighted by molar-refractivity contribution is 6.39. The van der Waals surface area contributed by atoms with E-state index in [0.717, 1.165) is 11.6 Å².